The summed E-state index contributed by atoms with van der Waals surface area (Å²) in [5.74, 6) is 2.68. The molecular weight excluding hydrogens is 723 g/mol. The minimum absolute atomic E-state index is 0.650. The van der Waals surface area contributed by atoms with Crippen molar-refractivity contribution in [1.29, 1.82) is 0 Å². The first-order chi connectivity index (χ1) is 27.7. The first kappa shape index (κ1) is 32.5. The van der Waals surface area contributed by atoms with Gasteiger partial charge in [-0.1, -0.05) is 152 Å². The van der Waals surface area contributed by atoms with Gasteiger partial charge in [-0.15, -0.1) is 22.7 Å². The second kappa shape index (κ2) is 13.4. The predicted molar refractivity (Wildman–Crippen MR) is 234 cm³/mol. The summed E-state index contributed by atoms with van der Waals surface area (Å²) in [6.07, 6.45) is 0. The molecule has 0 unspecified atom stereocenters. The third kappa shape index (κ3) is 5.64. The van der Waals surface area contributed by atoms with E-state index in [0.29, 0.717) is 17.5 Å². The molecule has 4 heterocycles. The Bertz CT molecular complexity index is 3170. The zero-order valence-corrected chi connectivity index (χ0v) is 31.4. The van der Waals surface area contributed by atoms with Gasteiger partial charge in [-0.2, -0.15) is 0 Å². The predicted octanol–water partition coefficient (Wildman–Crippen LogP) is 13.4. The Kier molecular flexibility index (Phi) is 7.79. The average Bonchev–Trinajstić information content (AvgIpc) is 3.85. The summed E-state index contributed by atoms with van der Waals surface area (Å²) in [6.45, 7) is 0. The van der Waals surface area contributed by atoms with Crippen LogP contribution in [-0.2, 0) is 0 Å². The summed E-state index contributed by atoms with van der Waals surface area (Å²) in [6, 6.07) is 61.0. The summed E-state index contributed by atoms with van der Waals surface area (Å²) in [5.41, 5.74) is 9.24. The molecule has 7 aromatic carbocycles. The van der Waals surface area contributed by atoms with E-state index < -0.39 is 0 Å². The number of fused-ring (bicyclic) bond motifs is 6. The molecule has 7 heteroatoms. The molecular formula is C49H29N5S2. The van der Waals surface area contributed by atoms with Crippen LogP contribution in [0.3, 0.4) is 0 Å². The van der Waals surface area contributed by atoms with Crippen molar-refractivity contribution >= 4 is 63.1 Å². The van der Waals surface area contributed by atoms with Crippen LogP contribution in [-0.4, -0.2) is 24.9 Å². The lowest BCUT2D eigenvalue weighted by molar-refractivity contribution is 1.07. The highest BCUT2D eigenvalue weighted by Gasteiger charge is 2.18. The van der Waals surface area contributed by atoms with Crippen molar-refractivity contribution < 1.29 is 0 Å². The lowest BCUT2D eigenvalue weighted by Crippen LogP contribution is -2.00. The van der Waals surface area contributed by atoms with Crippen molar-refractivity contribution in [3.8, 4) is 67.9 Å². The molecule has 0 amide bonds. The Hall–Kier alpha value is -6.93. The standard InChI is InChI=1S/C49H29N5S2/c1-4-13-31(14-5-1)42-45-43(38-19-10-11-22-40(38)56-45)51-46(50-42)34-25-23-30(24-26-34)36-20-12-21-37-39-29-35(27-28-41(39)55-44(36)37)49-53-47(32-15-6-2-7-16-32)52-48(54-49)33-17-8-3-9-18-33/h1-29H. The van der Waals surface area contributed by atoms with E-state index in [2.05, 4.69) is 109 Å². The topological polar surface area (TPSA) is 64.5 Å². The summed E-state index contributed by atoms with van der Waals surface area (Å²) >= 11 is 3.57. The largest absolute Gasteiger partial charge is 0.226 e. The molecule has 0 aliphatic rings. The molecule has 11 rings (SSSR count). The maximum absolute atomic E-state index is 5.18. The molecule has 0 aliphatic heterocycles. The van der Waals surface area contributed by atoms with E-state index in [9.17, 15) is 0 Å². The van der Waals surface area contributed by atoms with Gasteiger partial charge in [0.1, 0.15) is 0 Å². The van der Waals surface area contributed by atoms with E-state index in [1.807, 2.05) is 78.1 Å². The molecule has 0 fully saturated rings. The van der Waals surface area contributed by atoms with Gasteiger partial charge in [0.25, 0.3) is 0 Å². The minimum Gasteiger partial charge on any atom is -0.226 e. The highest BCUT2D eigenvalue weighted by Crippen LogP contribution is 2.43. The smallest absolute Gasteiger partial charge is 0.164 e. The zero-order chi connectivity index (χ0) is 37.0. The Labute approximate surface area is 330 Å². The van der Waals surface area contributed by atoms with Crippen molar-refractivity contribution in [3.05, 3.63) is 176 Å². The van der Waals surface area contributed by atoms with Gasteiger partial charge in [-0.3, -0.25) is 0 Å². The van der Waals surface area contributed by atoms with Crippen LogP contribution in [0.4, 0.5) is 0 Å². The van der Waals surface area contributed by atoms with Crippen LogP contribution in [0.15, 0.2) is 176 Å². The molecule has 0 spiro atoms. The number of rotatable bonds is 6. The number of benzene rings is 7. The van der Waals surface area contributed by atoms with E-state index in [4.69, 9.17) is 24.9 Å². The summed E-state index contributed by atoms with van der Waals surface area (Å²) < 4.78 is 4.78. The number of aromatic nitrogens is 5. The summed E-state index contributed by atoms with van der Waals surface area (Å²) in [7, 11) is 0. The van der Waals surface area contributed by atoms with Crippen LogP contribution in [0.5, 0.6) is 0 Å². The van der Waals surface area contributed by atoms with E-state index >= 15 is 0 Å². The zero-order valence-electron chi connectivity index (χ0n) is 29.8. The van der Waals surface area contributed by atoms with Crippen molar-refractivity contribution in [2.75, 3.05) is 0 Å². The molecule has 0 atom stereocenters. The number of hydrogen-bond donors (Lipinski definition) is 0. The Morgan fingerprint density at radius 2 is 0.804 bits per heavy atom. The molecule has 5 nitrogen and oxygen atoms in total. The second-order valence-electron chi connectivity index (χ2n) is 13.6. The number of nitrogens with zero attached hydrogens (tertiary/aromatic N) is 5. The van der Waals surface area contributed by atoms with Crippen LogP contribution in [0.25, 0.3) is 108 Å². The van der Waals surface area contributed by atoms with Crippen LogP contribution in [0.2, 0.25) is 0 Å². The molecule has 0 N–H and O–H groups in total. The molecule has 4 aromatic heterocycles. The van der Waals surface area contributed by atoms with Gasteiger partial charge < -0.3 is 0 Å². The third-order valence-electron chi connectivity index (χ3n) is 10.2. The fraction of sp³-hybridized carbons (Fsp3) is 0. The molecule has 0 bridgehead atoms. The van der Waals surface area contributed by atoms with Gasteiger partial charge in [0.2, 0.25) is 0 Å². The minimum atomic E-state index is 0.650. The molecule has 0 aliphatic carbocycles. The normalized spacial score (nSPS) is 11.6. The fourth-order valence-electron chi connectivity index (χ4n) is 7.41. The molecule has 11 aromatic rings. The van der Waals surface area contributed by atoms with Crippen LogP contribution >= 0.6 is 22.7 Å². The first-order valence-electron chi connectivity index (χ1n) is 18.4. The number of thiophene rings is 2. The Morgan fingerprint density at radius 3 is 1.50 bits per heavy atom. The maximum Gasteiger partial charge on any atom is 0.164 e. The van der Waals surface area contributed by atoms with Crippen LogP contribution in [0.1, 0.15) is 0 Å². The Morgan fingerprint density at radius 1 is 0.304 bits per heavy atom. The van der Waals surface area contributed by atoms with Gasteiger partial charge in [-0.25, -0.2) is 24.9 Å². The average molecular weight is 752 g/mol. The SMILES string of the molecule is c1ccc(-c2nc(-c3ccccc3)nc(-c3ccc4sc5c(-c6ccc(-c7nc(-c8ccccc8)c8sc9ccccc9c8n7)cc6)cccc5c4c3)n2)cc1. The van der Waals surface area contributed by atoms with E-state index in [0.717, 1.165) is 60.5 Å². The van der Waals surface area contributed by atoms with Crippen molar-refractivity contribution in [2.45, 2.75) is 0 Å². The molecule has 0 saturated carbocycles. The maximum atomic E-state index is 5.18. The van der Waals surface area contributed by atoms with Gasteiger partial charge in [-0.05, 0) is 35.4 Å². The van der Waals surface area contributed by atoms with Crippen molar-refractivity contribution in [3.63, 3.8) is 0 Å². The molecule has 56 heavy (non-hydrogen) atoms. The van der Waals surface area contributed by atoms with E-state index in [-0.39, 0.29) is 0 Å². The fourth-order valence-corrected chi connectivity index (χ4v) is 9.79. The van der Waals surface area contributed by atoms with Crippen molar-refractivity contribution in [2.24, 2.45) is 0 Å². The van der Waals surface area contributed by atoms with Gasteiger partial charge >= 0.3 is 0 Å². The van der Waals surface area contributed by atoms with Gasteiger partial charge in [0.15, 0.2) is 23.3 Å². The summed E-state index contributed by atoms with van der Waals surface area (Å²) in [4.78, 5) is 25.2. The van der Waals surface area contributed by atoms with Gasteiger partial charge in [0.05, 0.1) is 15.9 Å². The van der Waals surface area contributed by atoms with E-state index in [1.165, 1.54) is 30.4 Å². The van der Waals surface area contributed by atoms with Crippen LogP contribution in [0, 0.1) is 0 Å². The highest BCUT2D eigenvalue weighted by molar-refractivity contribution is 7.26. The highest BCUT2D eigenvalue weighted by atomic mass is 32.1. The third-order valence-corrected chi connectivity index (χ3v) is 12.6. The summed E-state index contributed by atoms with van der Waals surface area (Å²) in [5, 5.41) is 3.55. The number of hydrogen-bond acceptors (Lipinski definition) is 7. The van der Waals surface area contributed by atoms with Crippen molar-refractivity contribution in [1.82, 2.24) is 24.9 Å². The van der Waals surface area contributed by atoms with Gasteiger partial charge in [0, 0.05) is 58.1 Å². The van der Waals surface area contributed by atoms with E-state index in [1.54, 1.807) is 11.3 Å². The molecule has 0 saturated heterocycles. The molecule has 262 valence electrons. The lowest BCUT2D eigenvalue weighted by Gasteiger charge is -2.09. The molecule has 0 radical (unpaired) electrons. The monoisotopic (exact) mass is 751 g/mol. The lowest BCUT2D eigenvalue weighted by atomic mass is 10.0. The second-order valence-corrected chi connectivity index (χ2v) is 15.8. The van der Waals surface area contributed by atoms with Crippen LogP contribution < -0.4 is 0 Å². The Balaban J connectivity index is 0.993. The first-order valence-corrected chi connectivity index (χ1v) is 20.0. The quantitative estimate of drug-likeness (QED) is 0.169.